The van der Waals surface area contributed by atoms with Crippen LogP contribution >= 0.6 is 0 Å². The van der Waals surface area contributed by atoms with Gasteiger partial charge in [0.1, 0.15) is 11.6 Å². The number of rotatable bonds is 7. The standard InChI is InChI=1S/C28H32N4O5/c1-28(2,3)37-25(33)10-7-13-30-26(34)22-14-20-19-8-5-6-9-21(19)31(23(20)17-32(22)27(30)35)16-18-11-12-24(36-4)29-15-18/h5-6,8-9,11-12,15,22H,7,10,13-14,16-17H2,1-4H3/t22-/m0/s1. The molecule has 1 aromatic carbocycles. The Balaban J connectivity index is 1.36. The molecule has 0 N–H and O–H groups in total. The van der Waals surface area contributed by atoms with Crippen LogP contribution in [0.5, 0.6) is 5.88 Å². The number of fused-ring (bicyclic) bond motifs is 4. The highest BCUT2D eigenvalue weighted by molar-refractivity contribution is 6.05. The Morgan fingerprint density at radius 1 is 1.14 bits per heavy atom. The van der Waals surface area contributed by atoms with E-state index in [-0.39, 0.29) is 30.9 Å². The first-order valence-corrected chi connectivity index (χ1v) is 12.6. The van der Waals surface area contributed by atoms with E-state index in [2.05, 4.69) is 21.7 Å². The van der Waals surface area contributed by atoms with E-state index >= 15 is 0 Å². The monoisotopic (exact) mass is 504 g/mol. The van der Waals surface area contributed by atoms with E-state index in [1.807, 2.05) is 45.0 Å². The lowest BCUT2D eigenvalue weighted by molar-refractivity contribution is -0.155. The third-order valence-corrected chi connectivity index (χ3v) is 6.85. The van der Waals surface area contributed by atoms with E-state index in [4.69, 9.17) is 9.47 Å². The van der Waals surface area contributed by atoms with Crippen molar-refractivity contribution in [1.29, 1.82) is 0 Å². The maximum Gasteiger partial charge on any atom is 0.327 e. The largest absolute Gasteiger partial charge is 0.481 e. The van der Waals surface area contributed by atoms with Gasteiger partial charge in [0.25, 0.3) is 5.91 Å². The smallest absolute Gasteiger partial charge is 0.327 e. The average Bonchev–Trinajstić information content (AvgIpc) is 3.29. The molecule has 5 rings (SSSR count). The molecule has 0 bridgehead atoms. The molecule has 3 amide bonds. The van der Waals surface area contributed by atoms with Gasteiger partial charge in [-0.3, -0.25) is 14.5 Å². The van der Waals surface area contributed by atoms with Gasteiger partial charge in [-0.1, -0.05) is 24.3 Å². The van der Waals surface area contributed by atoms with Crippen LogP contribution in [0.3, 0.4) is 0 Å². The Hall–Kier alpha value is -3.88. The van der Waals surface area contributed by atoms with Crippen LogP contribution in [-0.2, 0) is 33.8 Å². The highest BCUT2D eigenvalue weighted by atomic mass is 16.6. The number of amides is 3. The number of nitrogens with zero attached hydrogens (tertiary/aromatic N) is 4. The van der Waals surface area contributed by atoms with Gasteiger partial charge in [0.2, 0.25) is 5.88 Å². The average molecular weight is 505 g/mol. The summed E-state index contributed by atoms with van der Waals surface area (Å²) in [5.74, 6) is 0.0279. The molecule has 2 aliphatic rings. The number of para-hydroxylation sites is 1. The fourth-order valence-corrected chi connectivity index (χ4v) is 5.23. The number of methoxy groups -OCH3 is 1. The number of urea groups is 1. The minimum atomic E-state index is -0.562. The molecule has 0 radical (unpaired) electrons. The normalized spacial score (nSPS) is 17.2. The molecule has 194 valence electrons. The number of aromatic nitrogens is 2. The molecule has 1 saturated heterocycles. The number of ether oxygens (including phenoxy) is 2. The number of hydrogen-bond donors (Lipinski definition) is 0. The van der Waals surface area contributed by atoms with E-state index in [0.717, 1.165) is 27.7 Å². The van der Waals surface area contributed by atoms with Crippen molar-refractivity contribution in [3.05, 3.63) is 59.4 Å². The molecule has 2 aromatic heterocycles. The molecule has 0 aliphatic carbocycles. The fraction of sp³-hybridized carbons (Fsp3) is 0.429. The number of carbonyl (C=O) groups excluding carboxylic acids is 3. The first kappa shape index (κ1) is 24.8. The summed E-state index contributed by atoms with van der Waals surface area (Å²) in [6.07, 6.45) is 2.80. The SMILES string of the molecule is COc1ccc(Cn2c3c(c4ccccc42)C[C@H]2C(=O)N(CCCC(=O)OC(C)(C)C)C(=O)N2C3)cn1. The van der Waals surface area contributed by atoms with Crippen molar-refractivity contribution >= 4 is 28.8 Å². The number of esters is 1. The second-order valence-electron chi connectivity index (χ2n) is 10.5. The van der Waals surface area contributed by atoms with E-state index in [1.165, 1.54) is 4.90 Å². The van der Waals surface area contributed by atoms with E-state index in [9.17, 15) is 14.4 Å². The van der Waals surface area contributed by atoms with Crippen molar-refractivity contribution in [2.45, 2.75) is 64.8 Å². The van der Waals surface area contributed by atoms with Gasteiger partial charge in [-0.2, -0.15) is 0 Å². The molecule has 1 fully saturated rings. The van der Waals surface area contributed by atoms with Gasteiger partial charge in [0.15, 0.2) is 0 Å². The van der Waals surface area contributed by atoms with Crippen LogP contribution in [0.1, 0.15) is 50.4 Å². The zero-order chi connectivity index (χ0) is 26.3. The van der Waals surface area contributed by atoms with Crippen LogP contribution in [0.4, 0.5) is 4.79 Å². The van der Waals surface area contributed by atoms with Gasteiger partial charge < -0.3 is 18.9 Å². The molecule has 37 heavy (non-hydrogen) atoms. The van der Waals surface area contributed by atoms with Crippen LogP contribution in [0, 0.1) is 0 Å². The molecule has 0 saturated carbocycles. The molecule has 2 aliphatic heterocycles. The molecular weight excluding hydrogens is 472 g/mol. The Morgan fingerprint density at radius 2 is 1.92 bits per heavy atom. The Labute approximate surface area is 216 Å². The summed E-state index contributed by atoms with van der Waals surface area (Å²) < 4.78 is 12.7. The minimum Gasteiger partial charge on any atom is -0.481 e. The van der Waals surface area contributed by atoms with Crippen LogP contribution in [0.25, 0.3) is 10.9 Å². The highest BCUT2D eigenvalue weighted by Gasteiger charge is 2.48. The summed E-state index contributed by atoms with van der Waals surface area (Å²) in [5.41, 5.74) is 3.66. The molecule has 0 unspecified atom stereocenters. The van der Waals surface area contributed by atoms with Gasteiger partial charge in [0.05, 0.1) is 13.7 Å². The van der Waals surface area contributed by atoms with Crippen molar-refractivity contribution < 1.29 is 23.9 Å². The predicted octanol–water partition coefficient (Wildman–Crippen LogP) is 3.90. The molecule has 1 atom stereocenters. The van der Waals surface area contributed by atoms with Crippen molar-refractivity contribution in [3.63, 3.8) is 0 Å². The minimum absolute atomic E-state index is 0.158. The van der Waals surface area contributed by atoms with Gasteiger partial charge in [0, 0.05) is 54.8 Å². The topological polar surface area (TPSA) is 94.0 Å². The van der Waals surface area contributed by atoms with Crippen molar-refractivity contribution in [1.82, 2.24) is 19.4 Å². The first-order chi connectivity index (χ1) is 17.7. The van der Waals surface area contributed by atoms with Gasteiger partial charge in [-0.05, 0) is 44.4 Å². The molecular formula is C28H32N4O5. The number of imide groups is 1. The highest BCUT2D eigenvalue weighted by Crippen LogP contribution is 2.37. The third kappa shape index (κ3) is 4.77. The Kier molecular flexibility index (Phi) is 6.39. The lowest BCUT2D eigenvalue weighted by Crippen LogP contribution is -2.40. The summed E-state index contributed by atoms with van der Waals surface area (Å²) in [6, 6.07) is 11.1. The predicted molar refractivity (Wildman–Crippen MR) is 137 cm³/mol. The number of pyridine rings is 1. The van der Waals surface area contributed by atoms with E-state index < -0.39 is 11.6 Å². The quantitative estimate of drug-likeness (QED) is 0.358. The zero-order valence-corrected chi connectivity index (χ0v) is 21.7. The summed E-state index contributed by atoms with van der Waals surface area (Å²) in [7, 11) is 1.59. The number of carbonyl (C=O) groups is 3. The summed E-state index contributed by atoms with van der Waals surface area (Å²) in [6.45, 7) is 6.59. The van der Waals surface area contributed by atoms with Crippen LogP contribution in [0.15, 0.2) is 42.6 Å². The zero-order valence-electron chi connectivity index (χ0n) is 21.7. The Morgan fingerprint density at radius 3 is 2.62 bits per heavy atom. The van der Waals surface area contributed by atoms with Crippen LogP contribution < -0.4 is 4.74 Å². The summed E-state index contributed by atoms with van der Waals surface area (Å²) in [5, 5.41) is 1.10. The van der Waals surface area contributed by atoms with Crippen molar-refractivity contribution in [2.75, 3.05) is 13.7 Å². The third-order valence-electron chi connectivity index (χ3n) is 6.85. The van der Waals surface area contributed by atoms with Gasteiger partial charge >= 0.3 is 12.0 Å². The maximum absolute atomic E-state index is 13.3. The molecule has 4 heterocycles. The molecule has 9 heteroatoms. The lowest BCUT2D eigenvalue weighted by atomic mass is 9.97. The van der Waals surface area contributed by atoms with Crippen LogP contribution in [0.2, 0.25) is 0 Å². The summed E-state index contributed by atoms with van der Waals surface area (Å²) >= 11 is 0. The Bertz CT molecular complexity index is 1360. The van der Waals surface area contributed by atoms with E-state index in [0.29, 0.717) is 31.8 Å². The molecule has 3 aromatic rings. The lowest BCUT2D eigenvalue weighted by Gasteiger charge is -2.28. The summed E-state index contributed by atoms with van der Waals surface area (Å²) in [4.78, 5) is 45.9. The first-order valence-electron chi connectivity index (χ1n) is 12.6. The second-order valence-corrected chi connectivity index (χ2v) is 10.5. The molecule has 9 nitrogen and oxygen atoms in total. The molecule has 0 spiro atoms. The van der Waals surface area contributed by atoms with Crippen molar-refractivity contribution in [2.24, 2.45) is 0 Å². The second kappa shape index (κ2) is 9.53. The maximum atomic E-state index is 13.3. The van der Waals surface area contributed by atoms with Crippen molar-refractivity contribution in [3.8, 4) is 5.88 Å². The number of benzene rings is 1. The van der Waals surface area contributed by atoms with Gasteiger partial charge in [-0.15, -0.1) is 0 Å². The number of hydrogen-bond acceptors (Lipinski definition) is 6. The van der Waals surface area contributed by atoms with Gasteiger partial charge in [-0.25, -0.2) is 9.78 Å². The fourth-order valence-electron chi connectivity index (χ4n) is 5.23. The van der Waals surface area contributed by atoms with Crippen LogP contribution in [-0.4, -0.2) is 62.6 Å². The van der Waals surface area contributed by atoms with E-state index in [1.54, 1.807) is 18.2 Å².